The normalized spacial score (nSPS) is 22.6. The molecular formula is C16H22BrClO2. The number of hydrogen-bond acceptors (Lipinski definition) is 2. The number of halogens is 2. The molecule has 0 saturated heterocycles. The van der Waals surface area contributed by atoms with Crippen LogP contribution in [0.2, 0.25) is 0 Å². The van der Waals surface area contributed by atoms with Crippen LogP contribution in [0.3, 0.4) is 0 Å². The van der Waals surface area contributed by atoms with Crippen LogP contribution in [0.15, 0.2) is 16.6 Å². The molecule has 0 heterocycles. The maximum absolute atomic E-state index is 6.20. The highest BCUT2D eigenvalue weighted by Gasteiger charge is 2.22. The highest BCUT2D eigenvalue weighted by Crippen LogP contribution is 2.39. The Morgan fingerprint density at radius 3 is 2.55 bits per heavy atom. The summed E-state index contributed by atoms with van der Waals surface area (Å²) in [5, 5.41) is 0. The van der Waals surface area contributed by atoms with E-state index in [4.69, 9.17) is 21.1 Å². The summed E-state index contributed by atoms with van der Waals surface area (Å²) in [6, 6.07) is 3.98. The number of rotatable bonds is 5. The van der Waals surface area contributed by atoms with Crippen molar-refractivity contribution in [2.45, 2.75) is 51.5 Å². The van der Waals surface area contributed by atoms with E-state index >= 15 is 0 Å². The second-order valence-electron chi connectivity index (χ2n) is 5.47. The zero-order valence-electron chi connectivity index (χ0n) is 12.1. The lowest BCUT2D eigenvalue weighted by Gasteiger charge is -2.28. The Morgan fingerprint density at radius 1 is 1.25 bits per heavy atom. The summed E-state index contributed by atoms with van der Waals surface area (Å²) in [5.41, 5.74) is 1.03. The first-order chi connectivity index (χ1) is 9.63. The molecule has 0 aromatic heterocycles. The summed E-state index contributed by atoms with van der Waals surface area (Å²) in [7, 11) is 0. The second kappa shape index (κ2) is 7.56. The molecule has 0 bridgehead atoms. The Hall–Kier alpha value is -0.410. The maximum atomic E-state index is 6.20. The van der Waals surface area contributed by atoms with E-state index in [0.717, 1.165) is 40.3 Å². The first-order valence-electron chi connectivity index (χ1n) is 7.31. The Kier molecular flexibility index (Phi) is 6.03. The van der Waals surface area contributed by atoms with Gasteiger partial charge in [-0.3, -0.25) is 0 Å². The fourth-order valence-electron chi connectivity index (χ4n) is 2.59. The maximum Gasteiger partial charge on any atom is 0.175 e. The van der Waals surface area contributed by atoms with E-state index in [9.17, 15) is 0 Å². The Morgan fingerprint density at radius 2 is 1.95 bits per heavy atom. The largest absolute Gasteiger partial charge is 0.490 e. The highest BCUT2D eigenvalue weighted by atomic mass is 79.9. The van der Waals surface area contributed by atoms with Crippen LogP contribution in [0.4, 0.5) is 0 Å². The average molecular weight is 362 g/mol. The second-order valence-corrected chi connectivity index (χ2v) is 6.59. The third kappa shape index (κ3) is 4.05. The number of benzene rings is 1. The van der Waals surface area contributed by atoms with Crippen molar-refractivity contribution in [2.24, 2.45) is 5.92 Å². The predicted molar refractivity (Wildman–Crippen MR) is 86.9 cm³/mol. The molecule has 0 radical (unpaired) electrons. The molecule has 0 amide bonds. The van der Waals surface area contributed by atoms with E-state index in [-0.39, 0.29) is 0 Å². The van der Waals surface area contributed by atoms with E-state index in [0.29, 0.717) is 18.6 Å². The summed E-state index contributed by atoms with van der Waals surface area (Å²) in [6.07, 6.45) is 5.02. The zero-order valence-corrected chi connectivity index (χ0v) is 14.5. The molecule has 2 rings (SSSR count). The van der Waals surface area contributed by atoms with Gasteiger partial charge in [0.05, 0.1) is 17.2 Å². The van der Waals surface area contributed by atoms with Crippen LogP contribution in [0.25, 0.3) is 0 Å². The van der Waals surface area contributed by atoms with Crippen molar-refractivity contribution < 1.29 is 9.47 Å². The van der Waals surface area contributed by atoms with Crippen molar-refractivity contribution in [2.75, 3.05) is 6.61 Å². The van der Waals surface area contributed by atoms with Crippen molar-refractivity contribution >= 4 is 27.5 Å². The van der Waals surface area contributed by atoms with Gasteiger partial charge in [0.1, 0.15) is 0 Å². The summed E-state index contributed by atoms with van der Waals surface area (Å²) < 4.78 is 12.8. The van der Waals surface area contributed by atoms with Gasteiger partial charge in [0.25, 0.3) is 0 Å². The molecule has 1 aromatic rings. The first-order valence-corrected chi connectivity index (χ1v) is 8.64. The molecule has 1 saturated carbocycles. The van der Waals surface area contributed by atoms with Gasteiger partial charge in [0, 0.05) is 5.88 Å². The first kappa shape index (κ1) is 16.0. The standard InChI is InChI=1S/C16H22BrClO2/c1-3-19-15-9-12(10-18)8-14(17)16(15)20-13-6-4-11(2)5-7-13/h8-9,11,13H,3-7,10H2,1-2H3. The Labute approximate surface area is 134 Å². The van der Waals surface area contributed by atoms with Crippen LogP contribution in [-0.2, 0) is 5.88 Å². The van der Waals surface area contributed by atoms with Crippen molar-refractivity contribution in [3.8, 4) is 11.5 Å². The summed E-state index contributed by atoms with van der Waals surface area (Å²) in [6.45, 7) is 4.91. The van der Waals surface area contributed by atoms with Crippen molar-refractivity contribution in [1.82, 2.24) is 0 Å². The molecule has 112 valence electrons. The molecule has 1 aliphatic carbocycles. The Bertz CT molecular complexity index is 442. The van der Waals surface area contributed by atoms with Crippen LogP contribution >= 0.6 is 27.5 Å². The van der Waals surface area contributed by atoms with Crippen molar-refractivity contribution in [1.29, 1.82) is 0 Å². The van der Waals surface area contributed by atoms with E-state index in [2.05, 4.69) is 22.9 Å². The smallest absolute Gasteiger partial charge is 0.175 e. The zero-order chi connectivity index (χ0) is 14.5. The van der Waals surface area contributed by atoms with Gasteiger partial charge in [0.2, 0.25) is 0 Å². The third-order valence-corrected chi connectivity index (χ3v) is 4.67. The van der Waals surface area contributed by atoms with Gasteiger partial charge >= 0.3 is 0 Å². The minimum atomic E-state index is 0.295. The summed E-state index contributed by atoms with van der Waals surface area (Å²) >= 11 is 9.50. The van der Waals surface area contributed by atoms with Crippen LogP contribution in [0.5, 0.6) is 11.5 Å². The quantitative estimate of drug-likeness (QED) is 0.641. The minimum absolute atomic E-state index is 0.295. The number of alkyl halides is 1. The summed E-state index contributed by atoms with van der Waals surface area (Å²) in [4.78, 5) is 0. The fourth-order valence-corrected chi connectivity index (χ4v) is 3.33. The third-order valence-electron chi connectivity index (χ3n) is 3.77. The number of hydrogen-bond donors (Lipinski definition) is 0. The highest BCUT2D eigenvalue weighted by molar-refractivity contribution is 9.10. The molecule has 1 aromatic carbocycles. The van der Waals surface area contributed by atoms with Gasteiger partial charge in [-0.25, -0.2) is 0 Å². The predicted octanol–water partition coefficient (Wildman–Crippen LogP) is 5.54. The minimum Gasteiger partial charge on any atom is -0.490 e. The van der Waals surface area contributed by atoms with E-state index in [1.54, 1.807) is 0 Å². The Balaban J connectivity index is 2.16. The van der Waals surface area contributed by atoms with E-state index in [1.807, 2.05) is 19.1 Å². The van der Waals surface area contributed by atoms with E-state index < -0.39 is 0 Å². The lowest BCUT2D eigenvalue weighted by Crippen LogP contribution is -2.23. The van der Waals surface area contributed by atoms with Gasteiger partial charge in [-0.2, -0.15) is 0 Å². The molecule has 0 aliphatic heterocycles. The molecule has 0 N–H and O–H groups in total. The van der Waals surface area contributed by atoms with E-state index in [1.165, 1.54) is 12.8 Å². The topological polar surface area (TPSA) is 18.5 Å². The van der Waals surface area contributed by atoms with Crippen molar-refractivity contribution in [3.63, 3.8) is 0 Å². The number of ether oxygens (including phenoxy) is 2. The molecular weight excluding hydrogens is 340 g/mol. The van der Waals surface area contributed by atoms with Gasteiger partial charge in [0.15, 0.2) is 11.5 Å². The summed E-state index contributed by atoms with van der Waals surface area (Å²) in [5.74, 6) is 2.90. The molecule has 1 fully saturated rings. The van der Waals surface area contributed by atoms with Gasteiger partial charge in [-0.05, 0) is 72.2 Å². The average Bonchev–Trinajstić information content (AvgIpc) is 2.44. The van der Waals surface area contributed by atoms with Gasteiger partial charge < -0.3 is 9.47 Å². The lowest BCUT2D eigenvalue weighted by atomic mass is 9.89. The van der Waals surface area contributed by atoms with Crippen LogP contribution < -0.4 is 9.47 Å². The molecule has 4 heteroatoms. The van der Waals surface area contributed by atoms with Crippen molar-refractivity contribution in [3.05, 3.63) is 22.2 Å². The molecule has 2 nitrogen and oxygen atoms in total. The molecule has 0 atom stereocenters. The molecule has 20 heavy (non-hydrogen) atoms. The molecule has 0 spiro atoms. The van der Waals surface area contributed by atoms with Gasteiger partial charge in [-0.15, -0.1) is 11.6 Å². The fraction of sp³-hybridized carbons (Fsp3) is 0.625. The lowest BCUT2D eigenvalue weighted by molar-refractivity contribution is 0.129. The molecule has 0 unspecified atom stereocenters. The van der Waals surface area contributed by atoms with Crippen LogP contribution in [0, 0.1) is 5.92 Å². The molecule has 1 aliphatic rings. The monoisotopic (exact) mass is 360 g/mol. The van der Waals surface area contributed by atoms with Gasteiger partial charge in [-0.1, -0.05) is 6.92 Å². The van der Waals surface area contributed by atoms with Crippen LogP contribution in [0.1, 0.15) is 45.1 Å². The SMILES string of the molecule is CCOc1cc(CCl)cc(Br)c1OC1CCC(C)CC1. The van der Waals surface area contributed by atoms with Crippen LogP contribution in [-0.4, -0.2) is 12.7 Å².